The van der Waals surface area contributed by atoms with Crippen molar-refractivity contribution in [2.75, 3.05) is 11.9 Å². The van der Waals surface area contributed by atoms with E-state index in [2.05, 4.69) is 15.6 Å². The summed E-state index contributed by atoms with van der Waals surface area (Å²) < 4.78 is 0. The predicted molar refractivity (Wildman–Crippen MR) is 80.6 cm³/mol. The number of carbonyl (C=O) groups is 1. The van der Waals surface area contributed by atoms with Crippen LogP contribution in [0.25, 0.3) is 0 Å². The SMILES string of the molecule is O=C(CCNc1cccc(Cl)c1)NCc1ccccn1. The van der Waals surface area contributed by atoms with Gasteiger partial charge in [-0.2, -0.15) is 0 Å². The standard InChI is InChI=1S/C15H16ClN3O/c16-12-4-3-6-13(10-12)18-9-7-15(20)19-11-14-5-1-2-8-17-14/h1-6,8,10,18H,7,9,11H2,(H,19,20). The number of amides is 1. The first kappa shape index (κ1) is 14.3. The van der Waals surface area contributed by atoms with E-state index in [4.69, 9.17) is 11.6 Å². The number of hydrogen-bond acceptors (Lipinski definition) is 3. The number of aromatic nitrogens is 1. The molecule has 0 saturated heterocycles. The van der Waals surface area contributed by atoms with Gasteiger partial charge in [-0.15, -0.1) is 0 Å². The van der Waals surface area contributed by atoms with Gasteiger partial charge in [-0.3, -0.25) is 9.78 Å². The first-order valence-corrected chi connectivity index (χ1v) is 6.78. The maximum atomic E-state index is 11.7. The van der Waals surface area contributed by atoms with Crippen molar-refractivity contribution in [3.05, 3.63) is 59.4 Å². The quantitative estimate of drug-likeness (QED) is 0.860. The number of pyridine rings is 1. The van der Waals surface area contributed by atoms with Crippen molar-refractivity contribution < 1.29 is 4.79 Å². The van der Waals surface area contributed by atoms with Crippen LogP contribution < -0.4 is 10.6 Å². The minimum atomic E-state index is -0.00909. The summed E-state index contributed by atoms with van der Waals surface area (Å²) in [7, 11) is 0. The second-order valence-electron chi connectivity index (χ2n) is 4.28. The summed E-state index contributed by atoms with van der Waals surface area (Å²) in [6.07, 6.45) is 2.11. The van der Waals surface area contributed by atoms with Crippen LogP contribution >= 0.6 is 11.6 Å². The Morgan fingerprint density at radius 1 is 1.20 bits per heavy atom. The fourth-order valence-corrected chi connectivity index (χ4v) is 1.89. The van der Waals surface area contributed by atoms with Gasteiger partial charge in [0.25, 0.3) is 0 Å². The lowest BCUT2D eigenvalue weighted by molar-refractivity contribution is -0.121. The number of rotatable bonds is 6. The third-order valence-corrected chi connectivity index (χ3v) is 2.93. The van der Waals surface area contributed by atoms with E-state index >= 15 is 0 Å². The van der Waals surface area contributed by atoms with Crippen molar-refractivity contribution in [1.29, 1.82) is 0 Å². The fourth-order valence-electron chi connectivity index (χ4n) is 1.70. The van der Waals surface area contributed by atoms with Gasteiger partial charge in [0.15, 0.2) is 0 Å². The zero-order chi connectivity index (χ0) is 14.2. The van der Waals surface area contributed by atoms with Crippen molar-refractivity contribution >= 4 is 23.2 Å². The molecule has 0 fully saturated rings. The normalized spacial score (nSPS) is 10.1. The van der Waals surface area contributed by atoms with E-state index in [-0.39, 0.29) is 5.91 Å². The smallest absolute Gasteiger partial charge is 0.222 e. The van der Waals surface area contributed by atoms with Crippen molar-refractivity contribution in [3.8, 4) is 0 Å². The molecule has 2 N–H and O–H groups in total. The zero-order valence-electron chi connectivity index (χ0n) is 11.0. The number of benzene rings is 1. The Morgan fingerprint density at radius 3 is 2.85 bits per heavy atom. The van der Waals surface area contributed by atoms with Gasteiger partial charge in [0.05, 0.1) is 12.2 Å². The summed E-state index contributed by atoms with van der Waals surface area (Å²) in [6, 6.07) is 13.0. The maximum absolute atomic E-state index is 11.7. The predicted octanol–water partition coefficient (Wildman–Crippen LogP) is 2.85. The van der Waals surface area contributed by atoms with Crippen LogP contribution in [0.2, 0.25) is 5.02 Å². The zero-order valence-corrected chi connectivity index (χ0v) is 11.7. The Balaban J connectivity index is 1.68. The van der Waals surface area contributed by atoms with Crippen molar-refractivity contribution in [1.82, 2.24) is 10.3 Å². The van der Waals surface area contributed by atoms with Crippen LogP contribution in [0.15, 0.2) is 48.7 Å². The topological polar surface area (TPSA) is 54.0 Å². The van der Waals surface area contributed by atoms with Gasteiger partial charge >= 0.3 is 0 Å². The highest BCUT2D eigenvalue weighted by Gasteiger charge is 2.01. The van der Waals surface area contributed by atoms with Gasteiger partial charge in [-0.25, -0.2) is 0 Å². The van der Waals surface area contributed by atoms with E-state index in [1.807, 2.05) is 42.5 Å². The molecule has 0 bridgehead atoms. The van der Waals surface area contributed by atoms with Crippen LogP contribution in [0.1, 0.15) is 12.1 Å². The van der Waals surface area contributed by atoms with Gasteiger partial charge in [0.1, 0.15) is 0 Å². The number of hydrogen-bond donors (Lipinski definition) is 2. The molecule has 20 heavy (non-hydrogen) atoms. The average Bonchev–Trinajstić information content (AvgIpc) is 2.46. The lowest BCUT2D eigenvalue weighted by Crippen LogP contribution is -2.25. The Labute approximate surface area is 123 Å². The molecule has 0 unspecified atom stereocenters. The number of anilines is 1. The summed E-state index contributed by atoms with van der Waals surface area (Å²) in [6.45, 7) is 1.02. The largest absolute Gasteiger partial charge is 0.384 e. The number of nitrogens with zero attached hydrogens (tertiary/aromatic N) is 1. The van der Waals surface area contributed by atoms with Gasteiger partial charge in [-0.05, 0) is 30.3 Å². The molecule has 1 amide bonds. The second kappa shape index (κ2) is 7.50. The van der Waals surface area contributed by atoms with E-state index < -0.39 is 0 Å². The Bertz CT molecular complexity index is 560. The minimum Gasteiger partial charge on any atom is -0.384 e. The number of nitrogens with one attached hydrogen (secondary N) is 2. The highest BCUT2D eigenvalue weighted by molar-refractivity contribution is 6.30. The molecule has 0 aliphatic carbocycles. The van der Waals surface area contributed by atoms with Crippen LogP contribution in [0.3, 0.4) is 0 Å². The van der Waals surface area contributed by atoms with Crippen LogP contribution in [0.4, 0.5) is 5.69 Å². The molecule has 5 heteroatoms. The fraction of sp³-hybridized carbons (Fsp3) is 0.200. The van der Waals surface area contributed by atoms with Gasteiger partial charge in [0, 0.05) is 29.9 Å². The molecule has 0 saturated carbocycles. The van der Waals surface area contributed by atoms with Crippen molar-refractivity contribution in [2.45, 2.75) is 13.0 Å². The monoisotopic (exact) mass is 289 g/mol. The average molecular weight is 290 g/mol. The molecule has 0 atom stereocenters. The van der Waals surface area contributed by atoms with Crippen LogP contribution in [-0.2, 0) is 11.3 Å². The molecule has 2 rings (SSSR count). The first-order valence-electron chi connectivity index (χ1n) is 6.40. The molecule has 0 aliphatic rings. The van der Waals surface area contributed by atoms with Crippen LogP contribution in [0.5, 0.6) is 0 Å². The molecule has 0 radical (unpaired) electrons. The second-order valence-corrected chi connectivity index (χ2v) is 4.72. The van der Waals surface area contributed by atoms with E-state index in [1.165, 1.54) is 0 Å². The molecular weight excluding hydrogens is 274 g/mol. The van der Waals surface area contributed by atoms with Gasteiger partial charge in [-0.1, -0.05) is 23.7 Å². The summed E-state index contributed by atoms with van der Waals surface area (Å²) in [4.78, 5) is 15.8. The molecular formula is C15H16ClN3O. The highest BCUT2D eigenvalue weighted by Crippen LogP contribution is 2.14. The Morgan fingerprint density at radius 2 is 2.10 bits per heavy atom. The molecule has 104 valence electrons. The summed E-state index contributed by atoms with van der Waals surface area (Å²) in [5.41, 5.74) is 1.76. The number of halogens is 1. The molecule has 1 aromatic carbocycles. The lowest BCUT2D eigenvalue weighted by atomic mass is 10.3. The summed E-state index contributed by atoms with van der Waals surface area (Å²) >= 11 is 5.88. The molecule has 1 aromatic heterocycles. The molecule has 0 aliphatic heterocycles. The van der Waals surface area contributed by atoms with Crippen LogP contribution in [0, 0.1) is 0 Å². The summed E-state index contributed by atoms with van der Waals surface area (Å²) in [5.74, 6) is -0.00909. The Hall–Kier alpha value is -2.07. The van der Waals surface area contributed by atoms with Crippen molar-refractivity contribution in [2.24, 2.45) is 0 Å². The van der Waals surface area contributed by atoms with E-state index in [9.17, 15) is 4.79 Å². The third kappa shape index (κ3) is 4.90. The lowest BCUT2D eigenvalue weighted by Gasteiger charge is -2.07. The van der Waals surface area contributed by atoms with E-state index in [0.717, 1.165) is 11.4 Å². The number of carbonyl (C=O) groups excluding carboxylic acids is 1. The molecule has 0 spiro atoms. The van der Waals surface area contributed by atoms with E-state index in [1.54, 1.807) is 6.20 Å². The third-order valence-electron chi connectivity index (χ3n) is 2.70. The first-order chi connectivity index (χ1) is 9.74. The van der Waals surface area contributed by atoms with Crippen molar-refractivity contribution in [3.63, 3.8) is 0 Å². The van der Waals surface area contributed by atoms with E-state index in [0.29, 0.717) is 24.5 Å². The van der Waals surface area contributed by atoms with Crippen LogP contribution in [-0.4, -0.2) is 17.4 Å². The molecule has 1 heterocycles. The van der Waals surface area contributed by atoms with Gasteiger partial charge in [0.2, 0.25) is 5.91 Å². The molecule has 2 aromatic rings. The minimum absolute atomic E-state index is 0.00909. The van der Waals surface area contributed by atoms with Gasteiger partial charge < -0.3 is 10.6 Å². The Kier molecular flexibility index (Phi) is 5.38. The summed E-state index contributed by atoms with van der Waals surface area (Å²) in [5, 5.41) is 6.66. The maximum Gasteiger partial charge on any atom is 0.222 e. The molecule has 4 nitrogen and oxygen atoms in total. The highest BCUT2D eigenvalue weighted by atomic mass is 35.5.